The molecule has 0 radical (unpaired) electrons. The van der Waals surface area contributed by atoms with Gasteiger partial charge >= 0.3 is 5.69 Å². The van der Waals surface area contributed by atoms with Gasteiger partial charge in [-0.2, -0.15) is 0 Å². The van der Waals surface area contributed by atoms with Crippen molar-refractivity contribution in [2.24, 2.45) is 0 Å². The normalized spacial score (nSPS) is 7.64. The van der Waals surface area contributed by atoms with Crippen molar-refractivity contribution in [3.63, 3.8) is 0 Å². The van der Waals surface area contributed by atoms with Crippen LogP contribution in [0.5, 0.6) is 0 Å². The number of hydrogen-bond acceptors (Lipinski definition) is 1. The topological polar surface area (TPSA) is 28.1 Å². The van der Waals surface area contributed by atoms with Gasteiger partial charge in [0.05, 0.1) is 0 Å². The molecular formula is C8H4FN2+. The van der Waals surface area contributed by atoms with Crippen molar-refractivity contribution >= 4 is 5.69 Å². The minimum atomic E-state index is 0.425. The number of nitrogens with zero attached hydrogens (tertiary/aromatic N) is 2. The Morgan fingerprint density at radius 2 is 1.91 bits per heavy atom. The van der Waals surface area contributed by atoms with Crippen LogP contribution in [0.4, 0.5) is 10.1 Å². The molecule has 2 nitrogen and oxygen atoms in total. The molecule has 0 heterocycles. The Hall–Kier alpha value is -1.87. The van der Waals surface area contributed by atoms with Gasteiger partial charge in [-0.15, -0.1) is 4.39 Å². The molecule has 0 bridgehead atoms. The molecule has 0 atom stereocenters. The largest absolute Gasteiger partial charge is 0.385 e. The first-order valence-corrected chi connectivity index (χ1v) is 2.93. The van der Waals surface area contributed by atoms with E-state index in [0.29, 0.717) is 11.3 Å². The third kappa shape index (κ3) is 1.77. The molecule has 0 aromatic heterocycles. The van der Waals surface area contributed by atoms with E-state index in [9.17, 15) is 4.39 Å². The maximum Gasteiger partial charge on any atom is 0.385 e. The first kappa shape index (κ1) is 7.24. The van der Waals surface area contributed by atoms with E-state index in [1.807, 2.05) is 0 Å². The lowest BCUT2D eigenvalue weighted by Crippen LogP contribution is -1.69. The summed E-state index contributed by atoms with van der Waals surface area (Å²) in [6.07, 6.45) is 1.28. The molecule has 3 heteroatoms. The summed E-state index contributed by atoms with van der Waals surface area (Å²) in [5, 5.41) is 8.27. The van der Waals surface area contributed by atoms with Gasteiger partial charge in [0.2, 0.25) is 5.39 Å². The van der Waals surface area contributed by atoms with Crippen molar-refractivity contribution in [3.05, 3.63) is 34.8 Å². The van der Waals surface area contributed by atoms with E-state index in [1.54, 1.807) is 24.3 Å². The van der Waals surface area contributed by atoms with Crippen LogP contribution in [0.1, 0.15) is 5.56 Å². The summed E-state index contributed by atoms with van der Waals surface area (Å²) in [5.74, 6) is 2.22. The second kappa shape index (κ2) is 3.34. The van der Waals surface area contributed by atoms with Crippen LogP contribution in [-0.4, -0.2) is 0 Å². The van der Waals surface area contributed by atoms with E-state index in [4.69, 9.17) is 5.39 Å². The zero-order valence-electron chi connectivity index (χ0n) is 5.58. The average molecular weight is 147 g/mol. The van der Waals surface area contributed by atoms with E-state index in [1.165, 1.54) is 6.17 Å². The highest BCUT2D eigenvalue weighted by Gasteiger charge is 2.00. The lowest BCUT2D eigenvalue weighted by Gasteiger charge is -1.81. The number of diazo groups is 1. The van der Waals surface area contributed by atoms with Crippen molar-refractivity contribution in [2.45, 2.75) is 0 Å². The Labute approximate surface area is 63.3 Å². The first-order chi connectivity index (χ1) is 5.36. The van der Waals surface area contributed by atoms with Gasteiger partial charge in [-0.1, -0.05) is 0 Å². The Morgan fingerprint density at radius 3 is 2.36 bits per heavy atom. The lowest BCUT2D eigenvalue weighted by molar-refractivity contribution is 0.774. The number of halogens is 1. The van der Waals surface area contributed by atoms with Gasteiger partial charge in [0.15, 0.2) is 4.98 Å². The molecule has 1 aromatic rings. The average Bonchev–Trinajstić information content (AvgIpc) is 2.07. The summed E-state index contributed by atoms with van der Waals surface area (Å²) in [4.78, 5) is 2.93. The van der Waals surface area contributed by atoms with Crippen LogP contribution in [-0.2, 0) is 0 Å². The summed E-state index contributed by atoms with van der Waals surface area (Å²) >= 11 is 0. The van der Waals surface area contributed by atoms with Gasteiger partial charge in [-0.25, -0.2) is 0 Å². The molecule has 52 valence electrons. The van der Waals surface area contributed by atoms with Crippen molar-refractivity contribution < 1.29 is 4.39 Å². The molecule has 0 saturated heterocycles. The van der Waals surface area contributed by atoms with Crippen molar-refractivity contribution in [2.75, 3.05) is 0 Å². The van der Waals surface area contributed by atoms with Crippen LogP contribution in [0.3, 0.4) is 0 Å². The van der Waals surface area contributed by atoms with Crippen molar-refractivity contribution in [1.29, 1.82) is 5.39 Å². The lowest BCUT2D eigenvalue weighted by atomic mass is 10.2. The number of hydrogen-bond donors (Lipinski definition) is 0. The molecule has 0 fully saturated rings. The van der Waals surface area contributed by atoms with Crippen LogP contribution in [0.25, 0.3) is 4.98 Å². The van der Waals surface area contributed by atoms with Gasteiger partial charge < -0.3 is 0 Å². The highest BCUT2D eigenvalue weighted by atomic mass is 19.1. The third-order valence-electron chi connectivity index (χ3n) is 1.17. The smallest absolute Gasteiger partial charge is 0.144 e. The van der Waals surface area contributed by atoms with Crippen LogP contribution in [0.15, 0.2) is 24.3 Å². The van der Waals surface area contributed by atoms with Crippen molar-refractivity contribution in [1.82, 2.24) is 0 Å². The maximum atomic E-state index is 11.4. The molecule has 0 unspecified atom stereocenters. The Kier molecular flexibility index (Phi) is 2.20. The van der Waals surface area contributed by atoms with E-state index in [2.05, 4.69) is 10.9 Å². The van der Waals surface area contributed by atoms with Gasteiger partial charge in [0, 0.05) is 17.7 Å². The molecule has 0 saturated carbocycles. The zero-order chi connectivity index (χ0) is 8.10. The van der Waals surface area contributed by atoms with Crippen LogP contribution in [0.2, 0.25) is 0 Å². The fourth-order valence-corrected chi connectivity index (χ4v) is 0.666. The van der Waals surface area contributed by atoms with Crippen LogP contribution < -0.4 is 0 Å². The van der Waals surface area contributed by atoms with E-state index in [-0.39, 0.29) is 0 Å². The highest BCUT2D eigenvalue weighted by molar-refractivity contribution is 5.48. The number of rotatable bonds is 0. The monoisotopic (exact) mass is 147 g/mol. The predicted molar refractivity (Wildman–Crippen MR) is 39.2 cm³/mol. The predicted octanol–water partition coefficient (Wildman–Crippen LogP) is 2.45. The highest BCUT2D eigenvalue weighted by Crippen LogP contribution is 2.11. The van der Waals surface area contributed by atoms with Gasteiger partial charge in [0.25, 0.3) is 0 Å². The second-order valence-electron chi connectivity index (χ2n) is 1.87. The molecule has 0 amide bonds. The summed E-state index contributed by atoms with van der Waals surface area (Å²) in [7, 11) is 0. The van der Waals surface area contributed by atoms with E-state index in [0.717, 1.165) is 0 Å². The molecule has 0 aliphatic heterocycles. The molecule has 0 N–H and O–H groups in total. The molecule has 1 aromatic carbocycles. The van der Waals surface area contributed by atoms with E-state index < -0.39 is 0 Å². The Morgan fingerprint density at radius 1 is 1.27 bits per heavy atom. The minimum Gasteiger partial charge on any atom is -0.144 e. The second-order valence-corrected chi connectivity index (χ2v) is 1.87. The number of benzene rings is 1. The summed E-state index contributed by atoms with van der Waals surface area (Å²) < 4.78 is 11.4. The fourth-order valence-electron chi connectivity index (χ4n) is 0.666. The SMILES string of the molecule is N#[N+]c1ccc(C#CF)cc1. The van der Waals surface area contributed by atoms with Gasteiger partial charge in [-0.05, 0) is 18.1 Å². The molecule has 11 heavy (non-hydrogen) atoms. The molecule has 0 spiro atoms. The first-order valence-electron chi connectivity index (χ1n) is 2.93. The van der Waals surface area contributed by atoms with Gasteiger partial charge in [0.1, 0.15) is 6.17 Å². The minimum absolute atomic E-state index is 0.425. The summed E-state index contributed by atoms with van der Waals surface area (Å²) in [5.41, 5.74) is 0.981. The quantitative estimate of drug-likeness (QED) is 0.409. The molecule has 1 rings (SSSR count). The zero-order valence-corrected chi connectivity index (χ0v) is 5.58. The fraction of sp³-hybridized carbons (Fsp3) is 0. The van der Waals surface area contributed by atoms with E-state index >= 15 is 0 Å². The molecule has 0 aliphatic rings. The van der Waals surface area contributed by atoms with Crippen LogP contribution in [0, 0.1) is 17.5 Å². The Bertz CT molecular complexity index is 337. The summed E-state index contributed by atoms with van der Waals surface area (Å²) in [6, 6.07) is 6.22. The van der Waals surface area contributed by atoms with Crippen molar-refractivity contribution in [3.8, 4) is 12.1 Å². The standard InChI is InChI=1S/C8H4FN2/c9-6-5-7-1-3-8(11-10)4-2-7/h1-4H/q+1. The summed E-state index contributed by atoms with van der Waals surface area (Å²) in [6.45, 7) is 0. The maximum absolute atomic E-state index is 11.4. The van der Waals surface area contributed by atoms with Gasteiger partial charge in [-0.3, -0.25) is 0 Å². The Balaban J connectivity index is 3.00. The van der Waals surface area contributed by atoms with Crippen LogP contribution >= 0.6 is 0 Å². The third-order valence-corrected chi connectivity index (χ3v) is 1.17. The molecular weight excluding hydrogens is 143 g/mol. The molecule has 0 aliphatic carbocycles.